The Kier molecular flexibility index (Phi) is 3.91. The quantitative estimate of drug-likeness (QED) is 0.942. The second-order valence-electron chi connectivity index (χ2n) is 3.83. The van der Waals surface area contributed by atoms with E-state index in [0.29, 0.717) is 18.1 Å². The summed E-state index contributed by atoms with van der Waals surface area (Å²) in [5.74, 6) is 1.17. The van der Waals surface area contributed by atoms with Gasteiger partial charge in [-0.15, -0.1) is 0 Å². The van der Waals surface area contributed by atoms with Gasteiger partial charge in [0.1, 0.15) is 0 Å². The van der Waals surface area contributed by atoms with E-state index in [2.05, 4.69) is 26.1 Å². The van der Waals surface area contributed by atoms with Crippen LogP contribution in [0, 0.1) is 0 Å². The van der Waals surface area contributed by atoms with Crippen molar-refractivity contribution in [3.05, 3.63) is 46.0 Å². The van der Waals surface area contributed by atoms with E-state index in [1.807, 2.05) is 31.2 Å². The number of rotatable bonds is 4. The van der Waals surface area contributed by atoms with Crippen LogP contribution in [0.1, 0.15) is 36.7 Å². The zero-order valence-corrected chi connectivity index (χ0v) is 11.1. The minimum absolute atomic E-state index is 0.171. The summed E-state index contributed by atoms with van der Waals surface area (Å²) >= 11 is 3.49. The van der Waals surface area contributed by atoms with Gasteiger partial charge in [0.25, 0.3) is 0 Å². The number of hydrogen-bond donors (Lipinski definition) is 1. The first kappa shape index (κ1) is 12.3. The summed E-state index contributed by atoms with van der Waals surface area (Å²) in [4.78, 5) is 4.29. The monoisotopic (exact) mass is 295 g/mol. The molecule has 0 aliphatic heterocycles. The zero-order valence-electron chi connectivity index (χ0n) is 9.56. The van der Waals surface area contributed by atoms with Gasteiger partial charge in [-0.25, -0.2) is 0 Å². The zero-order chi connectivity index (χ0) is 12.3. The van der Waals surface area contributed by atoms with E-state index in [-0.39, 0.29) is 6.04 Å². The molecule has 17 heavy (non-hydrogen) atoms. The van der Waals surface area contributed by atoms with Crippen LogP contribution in [-0.4, -0.2) is 10.1 Å². The van der Waals surface area contributed by atoms with Crippen molar-refractivity contribution in [1.82, 2.24) is 10.1 Å². The van der Waals surface area contributed by atoms with Crippen LogP contribution < -0.4 is 5.73 Å². The van der Waals surface area contributed by atoms with Gasteiger partial charge in [-0.2, -0.15) is 4.98 Å². The Bertz CT molecular complexity index is 498. The minimum atomic E-state index is -0.171. The van der Waals surface area contributed by atoms with Crippen molar-refractivity contribution in [3.63, 3.8) is 0 Å². The molecule has 2 aromatic rings. The van der Waals surface area contributed by atoms with Gasteiger partial charge in [-0.3, -0.25) is 0 Å². The number of nitrogens with zero attached hydrogens (tertiary/aromatic N) is 2. The smallest absolute Gasteiger partial charge is 0.243 e. The molecule has 0 bridgehead atoms. The fourth-order valence-electron chi connectivity index (χ4n) is 1.48. The van der Waals surface area contributed by atoms with Crippen LogP contribution in [0.4, 0.5) is 0 Å². The Balaban J connectivity index is 2.14. The third-order valence-corrected chi connectivity index (χ3v) is 3.32. The predicted molar refractivity (Wildman–Crippen MR) is 68.5 cm³/mol. The number of aromatic nitrogens is 2. The predicted octanol–water partition coefficient (Wildman–Crippen LogP) is 2.83. The molecule has 0 radical (unpaired) electrons. The first-order chi connectivity index (χ1) is 8.20. The van der Waals surface area contributed by atoms with Crippen molar-refractivity contribution >= 4 is 15.9 Å². The molecule has 0 saturated heterocycles. The highest BCUT2D eigenvalue weighted by molar-refractivity contribution is 9.10. The van der Waals surface area contributed by atoms with E-state index < -0.39 is 0 Å². The second-order valence-corrected chi connectivity index (χ2v) is 4.69. The molecular weight excluding hydrogens is 282 g/mol. The molecule has 1 aromatic carbocycles. The highest BCUT2D eigenvalue weighted by atomic mass is 79.9. The van der Waals surface area contributed by atoms with Crippen LogP contribution >= 0.6 is 15.9 Å². The van der Waals surface area contributed by atoms with Gasteiger partial charge in [0.05, 0.1) is 6.04 Å². The molecule has 2 N–H and O–H groups in total. The van der Waals surface area contributed by atoms with Crippen LogP contribution in [-0.2, 0) is 6.42 Å². The van der Waals surface area contributed by atoms with Crippen LogP contribution in [0.25, 0.3) is 0 Å². The van der Waals surface area contributed by atoms with Crippen molar-refractivity contribution in [2.75, 3.05) is 0 Å². The molecular formula is C12H14BrN3O. The van der Waals surface area contributed by atoms with Crippen LogP contribution in [0.2, 0.25) is 0 Å². The summed E-state index contributed by atoms with van der Waals surface area (Å²) in [5, 5.41) is 3.93. The third kappa shape index (κ3) is 2.92. The van der Waals surface area contributed by atoms with E-state index in [9.17, 15) is 0 Å². The SMILES string of the molecule is CC[C@H](N)c1nc(Cc2ccccc2Br)no1. The Morgan fingerprint density at radius 2 is 2.18 bits per heavy atom. The maximum atomic E-state index is 5.83. The summed E-state index contributed by atoms with van der Waals surface area (Å²) in [7, 11) is 0. The highest BCUT2D eigenvalue weighted by Crippen LogP contribution is 2.19. The Morgan fingerprint density at radius 3 is 2.88 bits per heavy atom. The largest absolute Gasteiger partial charge is 0.338 e. The van der Waals surface area contributed by atoms with Gasteiger partial charge in [-0.1, -0.05) is 46.2 Å². The fraction of sp³-hybridized carbons (Fsp3) is 0.333. The molecule has 4 nitrogen and oxygen atoms in total. The summed E-state index contributed by atoms with van der Waals surface area (Å²) in [6.45, 7) is 1.99. The van der Waals surface area contributed by atoms with Gasteiger partial charge in [-0.05, 0) is 18.1 Å². The van der Waals surface area contributed by atoms with Crippen molar-refractivity contribution < 1.29 is 4.52 Å². The lowest BCUT2D eigenvalue weighted by Gasteiger charge is -2.00. The molecule has 0 aliphatic rings. The van der Waals surface area contributed by atoms with Gasteiger partial charge >= 0.3 is 0 Å². The van der Waals surface area contributed by atoms with Gasteiger partial charge < -0.3 is 10.3 Å². The lowest BCUT2D eigenvalue weighted by atomic mass is 10.1. The number of hydrogen-bond acceptors (Lipinski definition) is 4. The lowest BCUT2D eigenvalue weighted by Crippen LogP contribution is -2.08. The van der Waals surface area contributed by atoms with E-state index in [0.717, 1.165) is 16.5 Å². The van der Waals surface area contributed by atoms with Crippen molar-refractivity contribution in [2.45, 2.75) is 25.8 Å². The first-order valence-corrected chi connectivity index (χ1v) is 6.31. The molecule has 0 unspecified atom stereocenters. The van der Waals surface area contributed by atoms with Gasteiger partial charge in [0, 0.05) is 10.9 Å². The molecule has 0 fully saturated rings. The lowest BCUT2D eigenvalue weighted by molar-refractivity contribution is 0.348. The highest BCUT2D eigenvalue weighted by Gasteiger charge is 2.13. The van der Waals surface area contributed by atoms with Crippen molar-refractivity contribution in [3.8, 4) is 0 Å². The maximum absolute atomic E-state index is 5.83. The normalized spacial score (nSPS) is 12.6. The number of benzene rings is 1. The van der Waals surface area contributed by atoms with Gasteiger partial charge in [0.2, 0.25) is 5.89 Å². The summed E-state index contributed by atoms with van der Waals surface area (Å²) in [5.41, 5.74) is 6.95. The van der Waals surface area contributed by atoms with E-state index in [4.69, 9.17) is 10.3 Å². The third-order valence-electron chi connectivity index (χ3n) is 2.55. The first-order valence-electron chi connectivity index (χ1n) is 5.52. The molecule has 0 saturated carbocycles. The molecule has 1 heterocycles. The van der Waals surface area contributed by atoms with E-state index >= 15 is 0 Å². The standard InChI is InChI=1S/C12H14BrN3O/c1-2-10(14)12-15-11(16-17-12)7-8-5-3-4-6-9(8)13/h3-6,10H,2,7,14H2,1H3/t10-/m0/s1. The molecule has 5 heteroatoms. The molecule has 1 atom stereocenters. The fourth-order valence-corrected chi connectivity index (χ4v) is 1.90. The van der Waals surface area contributed by atoms with Crippen LogP contribution in [0.5, 0.6) is 0 Å². The number of nitrogens with two attached hydrogens (primary N) is 1. The molecule has 0 spiro atoms. The van der Waals surface area contributed by atoms with Crippen molar-refractivity contribution in [2.24, 2.45) is 5.73 Å². The molecule has 2 rings (SSSR count). The Hall–Kier alpha value is -1.20. The Morgan fingerprint density at radius 1 is 1.41 bits per heavy atom. The summed E-state index contributed by atoms with van der Waals surface area (Å²) < 4.78 is 6.18. The van der Waals surface area contributed by atoms with Gasteiger partial charge in [0.15, 0.2) is 5.82 Å². The number of halogens is 1. The summed E-state index contributed by atoms with van der Waals surface area (Å²) in [6.07, 6.45) is 1.43. The molecule has 0 amide bonds. The second kappa shape index (κ2) is 5.42. The average molecular weight is 296 g/mol. The maximum Gasteiger partial charge on any atom is 0.243 e. The molecule has 90 valence electrons. The average Bonchev–Trinajstić information content (AvgIpc) is 2.80. The summed E-state index contributed by atoms with van der Waals surface area (Å²) in [6, 6.07) is 7.81. The van der Waals surface area contributed by atoms with E-state index in [1.54, 1.807) is 0 Å². The molecule has 1 aromatic heterocycles. The topological polar surface area (TPSA) is 64.9 Å². The van der Waals surface area contributed by atoms with Crippen LogP contribution in [0.15, 0.2) is 33.3 Å². The Labute approximate surface area is 108 Å². The molecule has 0 aliphatic carbocycles. The van der Waals surface area contributed by atoms with Crippen molar-refractivity contribution in [1.29, 1.82) is 0 Å². The van der Waals surface area contributed by atoms with E-state index in [1.165, 1.54) is 0 Å². The van der Waals surface area contributed by atoms with Crippen LogP contribution in [0.3, 0.4) is 0 Å². The minimum Gasteiger partial charge on any atom is -0.338 e.